The number of hydrogen-bond acceptors (Lipinski definition) is 2. The van der Waals surface area contributed by atoms with Crippen LogP contribution in [0.5, 0.6) is 0 Å². The van der Waals surface area contributed by atoms with E-state index in [2.05, 4.69) is 179 Å². The third kappa shape index (κ3) is 4.37. The molecule has 3 heteroatoms. The molecule has 0 fully saturated rings. The number of fused-ring (bicyclic) bond motifs is 8. The fourth-order valence-corrected chi connectivity index (χ4v) is 7.58. The Kier molecular flexibility index (Phi) is 6.18. The van der Waals surface area contributed by atoms with Crippen LogP contribution in [0, 0.1) is 0 Å². The summed E-state index contributed by atoms with van der Waals surface area (Å²) in [6, 6.07) is 65.0. The van der Waals surface area contributed by atoms with Crippen LogP contribution in [0.25, 0.3) is 71.3 Å². The number of benzene rings is 8. The first-order valence-corrected chi connectivity index (χ1v) is 16.7. The van der Waals surface area contributed by atoms with Gasteiger partial charge < -0.3 is 13.9 Å². The summed E-state index contributed by atoms with van der Waals surface area (Å²) in [6.45, 7) is 0. The van der Waals surface area contributed by atoms with Gasteiger partial charge in [-0.3, -0.25) is 0 Å². The summed E-state index contributed by atoms with van der Waals surface area (Å²) in [5.41, 5.74) is 10.9. The zero-order valence-corrected chi connectivity index (χ0v) is 26.6. The van der Waals surface area contributed by atoms with E-state index < -0.39 is 0 Å². The van der Waals surface area contributed by atoms with Gasteiger partial charge in [-0.05, 0) is 77.2 Å². The number of hydrogen-bond donors (Lipinski definition) is 0. The number of anilines is 3. The van der Waals surface area contributed by atoms with Crippen molar-refractivity contribution < 1.29 is 4.42 Å². The van der Waals surface area contributed by atoms with Crippen molar-refractivity contribution in [2.24, 2.45) is 0 Å². The molecule has 49 heavy (non-hydrogen) atoms. The number of para-hydroxylation sites is 3. The van der Waals surface area contributed by atoms with Gasteiger partial charge in [0.1, 0.15) is 11.2 Å². The van der Waals surface area contributed by atoms with E-state index in [1.54, 1.807) is 0 Å². The van der Waals surface area contributed by atoms with Gasteiger partial charge >= 0.3 is 0 Å². The molecule has 0 spiro atoms. The molecule has 10 aromatic rings. The van der Waals surface area contributed by atoms with Crippen molar-refractivity contribution >= 4 is 71.6 Å². The van der Waals surface area contributed by atoms with Crippen molar-refractivity contribution in [1.82, 2.24) is 4.57 Å². The zero-order chi connectivity index (χ0) is 32.3. The smallest absolute Gasteiger partial charge is 0.137 e. The molecule has 0 aliphatic rings. The van der Waals surface area contributed by atoms with Crippen molar-refractivity contribution in [3.63, 3.8) is 0 Å². The first kappa shape index (κ1) is 27.5. The van der Waals surface area contributed by atoms with E-state index >= 15 is 0 Å². The van der Waals surface area contributed by atoms with E-state index in [-0.39, 0.29) is 0 Å². The van der Waals surface area contributed by atoms with Crippen molar-refractivity contribution in [1.29, 1.82) is 0 Å². The molecule has 0 aliphatic heterocycles. The number of rotatable bonds is 5. The lowest BCUT2D eigenvalue weighted by Crippen LogP contribution is -2.09. The highest BCUT2D eigenvalue weighted by molar-refractivity contribution is 6.24. The van der Waals surface area contributed by atoms with Crippen LogP contribution in [0.1, 0.15) is 0 Å². The Morgan fingerprint density at radius 2 is 1.04 bits per heavy atom. The molecular weight excluding hydrogens is 597 g/mol. The number of aromatic nitrogens is 1. The first-order chi connectivity index (χ1) is 24.3. The quantitative estimate of drug-likeness (QED) is 0.190. The molecule has 0 amide bonds. The molecule has 8 aromatic carbocycles. The molecule has 0 aliphatic carbocycles. The zero-order valence-electron chi connectivity index (χ0n) is 26.6. The SMILES string of the molecule is c1ccc(-c2cc3ccccc3c3c2c2ccc(N(c4ccccc4)c4ccc5c(c4)oc4ccccc45)cc2n3-c2ccccc2)cc1. The Morgan fingerprint density at radius 3 is 1.84 bits per heavy atom. The second kappa shape index (κ2) is 11.0. The Hall–Kier alpha value is -6.58. The van der Waals surface area contributed by atoms with E-state index in [4.69, 9.17) is 4.42 Å². The van der Waals surface area contributed by atoms with E-state index in [0.29, 0.717) is 0 Å². The lowest BCUT2D eigenvalue weighted by Gasteiger charge is -2.25. The second-order valence-electron chi connectivity index (χ2n) is 12.6. The highest BCUT2D eigenvalue weighted by Gasteiger charge is 2.22. The number of furan rings is 1. The summed E-state index contributed by atoms with van der Waals surface area (Å²) in [7, 11) is 0. The minimum Gasteiger partial charge on any atom is -0.456 e. The van der Waals surface area contributed by atoms with Crippen molar-refractivity contribution in [3.05, 3.63) is 182 Å². The van der Waals surface area contributed by atoms with Gasteiger partial charge in [0.2, 0.25) is 0 Å². The second-order valence-corrected chi connectivity index (χ2v) is 12.6. The molecule has 2 aromatic heterocycles. The van der Waals surface area contributed by atoms with Gasteiger partial charge in [0.15, 0.2) is 0 Å². The van der Waals surface area contributed by atoms with Gasteiger partial charge in [-0.1, -0.05) is 115 Å². The highest BCUT2D eigenvalue weighted by atomic mass is 16.3. The van der Waals surface area contributed by atoms with E-state index in [1.165, 1.54) is 38.2 Å². The summed E-state index contributed by atoms with van der Waals surface area (Å²) >= 11 is 0. The average Bonchev–Trinajstić information content (AvgIpc) is 3.71. The van der Waals surface area contributed by atoms with Crippen molar-refractivity contribution in [2.45, 2.75) is 0 Å². The highest BCUT2D eigenvalue weighted by Crippen LogP contribution is 2.45. The molecule has 0 unspecified atom stereocenters. The van der Waals surface area contributed by atoms with Crippen LogP contribution in [0.3, 0.4) is 0 Å². The van der Waals surface area contributed by atoms with Crippen LogP contribution in [0.4, 0.5) is 17.1 Å². The summed E-state index contributed by atoms with van der Waals surface area (Å²) in [4.78, 5) is 2.33. The molecule has 3 nitrogen and oxygen atoms in total. The fourth-order valence-electron chi connectivity index (χ4n) is 7.58. The minimum atomic E-state index is 0.873. The van der Waals surface area contributed by atoms with Gasteiger partial charge in [0.25, 0.3) is 0 Å². The van der Waals surface area contributed by atoms with Crippen LogP contribution in [-0.4, -0.2) is 4.57 Å². The molecule has 0 saturated heterocycles. The van der Waals surface area contributed by atoms with Crippen molar-refractivity contribution in [2.75, 3.05) is 4.90 Å². The fraction of sp³-hybridized carbons (Fsp3) is 0. The Morgan fingerprint density at radius 1 is 0.429 bits per heavy atom. The maximum Gasteiger partial charge on any atom is 0.137 e. The summed E-state index contributed by atoms with van der Waals surface area (Å²) in [5.74, 6) is 0. The molecule has 0 bridgehead atoms. The Labute approximate surface area is 283 Å². The van der Waals surface area contributed by atoms with Gasteiger partial charge in [-0.15, -0.1) is 0 Å². The van der Waals surface area contributed by atoms with Gasteiger partial charge in [0, 0.05) is 55.7 Å². The maximum absolute atomic E-state index is 6.37. The third-order valence-electron chi connectivity index (χ3n) is 9.73. The van der Waals surface area contributed by atoms with Gasteiger partial charge in [0.05, 0.1) is 11.0 Å². The summed E-state index contributed by atoms with van der Waals surface area (Å²) in [5, 5.41) is 7.17. The lowest BCUT2D eigenvalue weighted by molar-refractivity contribution is 0.669. The average molecular weight is 627 g/mol. The van der Waals surface area contributed by atoms with Crippen LogP contribution >= 0.6 is 0 Å². The molecule has 0 saturated carbocycles. The topological polar surface area (TPSA) is 21.3 Å². The molecule has 230 valence electrons. The van der Waals surface area contributed by atoms with Crippen molar-refractivity contribution in [3.8, 4) is 16.8 Å². The predicted octanol–water partition coefficient (Wildman–Crippen LogP) is 13.0. The summed E-state index contributed by atoms with van der Waals surface area (Å²) < 4.78 is 8.82. The predicted molar refractivity (Wildman–Crippen MR) is 206 cm³/mol. The molecular formula is C46H30N2O. The Balaban J connectivity index is 1.29. The molecule has 0 radical (unpaired) electrons. The number of nitrogens with zero attached hydrogens (tertiary/aromatic N) is 2. The van der Waals surface area contributed by atoms with Crippen LogP contribution in [0.15, 0.2) is 186 Å². The molecule has 10 rings (SSSR count). The normalized spacial score (nSPS) is 11.7. The lowest BCUT2D eigenvalue weighted by atomic mass is 9.95. The standard InChI is InChI=1S/C46H30N2O/c1-4-14-31(15-5-1)41-28-32-16-10-11-21-37(32)46-45(41)40-27-25-35(29-42(40)48(46)34-19-8-3-9-20-34)47(33-17-6-2-7-18-33)36-24-26-39-38-22-12-13-23-43(38)49-44(39)30-36/h1-30H. The van der Waals surface area contributed by atoms with Gasteiger partial charge in [-0.2, -0.15) is 0 Å². The minimum absolute atomic E-state index is 0.873. The molecule has 0 N–H and O–H groups in total. The molecule has 2 heterocycles. The largest absolute Gasteiger partial charge is 0.456 e. The maximum atomic E-state index is 6.37. The molecule has 0 atom stereocenters. The summed E-state index contributed by atoms with van der Waals surface area (Å²) in [6.07, 6.45) is 0. The Bertz CT molecular complexity index is 2810. The first-order valence-electron chi connectivity index (χ1n) is 16.7. The van der Waals surface area contributed by atoms with E-state index in [0.717, 1.165) is 50.2 Å². The third-order valence-corrected chi connectivity index (χ3v) is 9.73. The van der Waals surface area contributed by atoms with Crippen LogP contribution in [-0.2, 0) is 0 Å². The van der Waals surface area contributed by atoms with Crippen LogP contribution < -0.4 is 4.90 Å². The van der Waals surface area contributed by atoms with Gasteiger partial charge in [-0.25, -0.2) is 0 Å². The van der Waals surface area contributed by atoms with E-state index in [9.17, 15) is 0 Å². The monoisotopic (exact) mass is 626 g/mol. The van der Waals surface area contributed by atoms with E-state index in [1.807, 2.05) is 12.1 Å². The van der Waals surface area contributed by atoms with Crippen LogP contribution in [0.2, 0.25) is 0 Å².